The fraction of sp³-hybridized carbons (Fsp3) is 0.250. The lowest BCUT2D eigenvalue weighted by atomic mass is 10.0. The fourth-order valence-corrected chi connectivity index (χ4v) is 3.76. The van der Waals surface area contributed by atoms with Crippen molar-refractivity contribution in [3.05, 3.63) is 88.2 Å². The molecule has 4 rings (SSSR count). The molecule has 4 aromatic rings. The molecule has 0 spiro atoms. The molecule has 0 radical (unpaired) electrons. The fourth-order valence-electron chi connectivity index (χ4n) is 3.56. The number of imidazole rings is 1. The second-order valence-corrected chi connectivity index (χ2v) is 8.04. The molecule has 0 bridgehead atoms. The Balaban J connectivity index is 1.74. The van der Waals surface area contributed by atoms with Gasteiger partial charge in [-0.05, 0) is 47.0 Å². The highest BCUT2D eigenvalue weighted by Crippen LogP contribution is 2.24. The van der Waals surface area contributed by atoms with Crippen molar-refractivity contribution in [1.29, 1.82) is 0 Å². The maximum atomic E-state index is 9.61. The van der Waals surface area contributed by atoms with Crippen LogP contribution in [-0.2, 0) is 19.4 Å². The number of aromatic hydroxyl groups is 1. The van der Waals surface area contributed by atoms with Crippen molar-refractivity contribution in [1.82, 2.24) is 30.2 Å². The SMILES string of the molecule is CCCCc1ncc(/C=C(\Cc2ccc(O)cc2)c2nn[nH]n2)n1Cc1ccccc1Cl. The van der Waals surface area contributed by atoms with E-state index < -0.39 is 0 Å². The van der Waals surface area contributed by atoms with Gasteiger partial charge in [0.25, 0.3) is 0 Å². The van der Waals surface area contributed by atoms with Gasteiger partial charge in [-0.25, -0.2) is 4.98 Å². The van der Waals surface area contributed by atoms with E-state index in [1.54, 1.807) is 12.1 Å². The average molecular weight is 449 g/mol. The smallest absolute Gasteiger partial charge is 0.201 e. The summed E-state index contributed by atoms with van der Waals surface area (Å²) in [4.78, 5) is 4.71. The van der Waals surface area contributed by atoms with Crippen LogP contribution in [0.15, 0.2) is 54.7 Å². The number of aromatic nitrogens is 6. The summed E-state index contributed by atoms with van der Waals surface area (Å²) in [6.07, 6.45) is 7.58. The molecule has 2 aromatic carbocycles. The van der Waals surface area contributed by atoms with Crippen LogP contribution >= 0.6 is 11.6 Å². The number of rotatable bonds is 9. The monoisotopic (exact) mass is 448 g/mol. The molecular weight excluding hydrogens is 424 g/mol. The zero-order valence-electron chi connectivity index (χ0n) is 17.9. The minimum atomic E-state index is 0.234. The van der Waals surface area contributed by atoms with E-state index in [0.29, 0.717) is 18.8 Å². The van der Waals surface area contributed by atoms with E-state index >= 15 is 0 Å². The second-order valence-electron chi connectivity index (χ2n) is 7.63. The molecule has 0 aliphatic rings. The van der Waals surface area contributed by atoms with Crippen molar-refractivity contribution in [2.45, 2.75) is 39.2 Å². The van der Waals surface area contributed by atoms with Crippen molar-refractivity contribution >= 4 is 23.3 Å². The van der Waals surface area contributed by atoms with Gasteiger partial charge in [-0.1, -0.05) is 55.3 Å². The van der Waals surface area contributed by atoms with Crippen LogP contribution in [0.2, 0.25) is 5.02 Å². The molecule has 2 heterocycles. The van der Waals surface area contributed by atoms with Gasteiger partial charge >= 0.3 is 0 Å². The average Bonchev–Trinajstić information content (AvgIpc) is 3.46. The molecule has 0 atom stereocenters. The van der Waals surface area contributed by atoms with E-state index in [4.69, 9.17) is 16.6 Å². The maximum absolute atomic E-state index is 9.61. The lowest BCUT2D eigenvalue weighted by molar-refractivity contribution is 0.475. The third-order valence-electron chi connectivity index (χ3n) is 5.29. The predicted octanol–water partition coefficient (Wildman–Crippen LogP) is 4.93. The number of nitrogens with zero attached hydrogens (tertiary/aromatic N) is 5. The number of unbranched alkanes of at least 4 members (excludes halogenated alkanes) is 1. The number of nitrogens with one attached hydrogen (secondary N) is 1. The number of aromatic amines is 1. The van der Waals surface area contributed by atoms with Gasteiger partial charge in [0.1, 0.15) is 11.6 Å². The summed E-state index contributed by atoms with van der Waals surface area (Å²) in [5, 5.41) is 25.0. The number of hydrogen-bond donors (Lipinski definition) is 2. The molecule has 2 N–H and O–H groups in total. The summed E-state index contributed by atoms with van der Waals surface area (Å²) in [5.74, 6) is 1.78. The van der Waals surface area contributed by atoms with E-state index in [0.717, 1.165) is 52.5 Å². The van der Waals surface area contributed by atoms with Crippen LogP contribution in [0, 0.1) is 0 Å². The number of halogens is 1. The summed E-state index contributed by atoms with van der Waals surface area (Å²) in [6.45, 7) is 2.80. The van der Waals surface area contributed by atoms with Crippen molar-refractivity contribution in [2.75, 3.05) is 0 Å². The van der Waals surface area contributed by atoms with Gasteiger partial charge < -0.3 is 9.67 Å². The van der Waals surface area contributed by atoms with Gasteiger partial charge in [-0.3, -0.25) is 0 Å². The molecule has 8 heteroatoms. The van der Waals surface area contributed by atoms with Crippen LogP contribution in [0.3, 0.4) is 0 Å². The standard InChI is InChI=1S/C24H25ClN6O/c1-2-3-8-23-26-15-20(31(23)16-18-6-4-5-7-22(18)25)14-19(24-27-29-30-28-24)13-17-9-11-21(32)12-10-17/h4-7,9-12,14-15,32H,2-3,8,13,16H2,1H3,(H,27,28,29,30)/b19-14+. The first-order valence-corrected chi connectivity index (χ1v) is 11.0. The third kappa shape index (κ3) is 5.23. The minimum Gasteiger partial charge on any atom is -0.508 e. The molecule has 0 unspecified atom stereocenters. The van der Waals surface area contributed by atoms with Crippen LogP contribution in [0.25, 0.3) is 11.6 Å². The van der Waals surface area contributed by atoms with Crippen LogP contribution in [0.1, 0.15) is 48.2 Å². The van der Waals surface area contributed by atoms with Crippen molar-refractivity contribution in [3.8, 4) is 5.75 Å². The summed E-state index contributed by atoms with van der Waals surface area (Å²) in [7, 11) is 0. The molecule has 164 valence electrons. The van der Waals surface area contributed by atoms with Gasteiger partial charge in [-0.2, -0.15) is 5.21 Å². The Kier molecular flexibility index (Phi) is 6.97. The number of hydrogen-bond acceptors (Lipinski definition) is 5. The molecule has 32 heavy (non-hydrogen) atoms. The normalized spacial score (nSPS) is 11.8. The Hall–Kier alpha value is -3.45. The first kappa shape index (κ1) is 21.8. The number of allylic oxidation sites excluding steroid dienone is 1. The molecule has 0 aliphatic carbocycles. The molecule has 0 amide bonds. The van der Waals surface area contributed by atoms with Crippen molar-refractivity contribution < 1.29 is 5.11 Å². The zero-order chi connectivity index (χ0) is 22.3. The number of benzene rings is 2. The van der Waals surface area contributed by atoms with Gasteiger partial charge in [-0.15, -0.1) is 10.2 Å². The molecular formula is C24H25ClN6O. The molecule has 0 saturated heterocycles. The minimum absolute atomic E-state index is 0.234. The van der Waals surface area contributed by atoms with Gasteiger partial charge in [0.05, 0.1) is 18.4 Å². The summed E-state index contributed by atoms with van der Waals surface area (Å²) in [6, 6.07) is 15.0. The number of aryl methyl sites for hydroxylation is 1. The highest BCUT2D eigenvalue weighted by molar-refractivity contribution is 6.31. The highest BCUT2D eigenvalue weighted by atomic mass is 35.5. The first-order valence-electron chi connectivity index (χ1n) is 10.6. The molecule has 2 aromatic heterocycles. The Morgan fingerprint density at radius 1 is 1.16 bits per heavy atom. The lowest BCUT2D eigenvalue weighted by Crippen LogP contribution is -2.08. The van der Waals surface area contributed by atoms with Crippen molar-refractivity contribution in [3.63, 3.8) is 0 Å². The third-order valence-corrected chi connectivity index (χ3v) is 5.66. The van der Waals surface area contributed by atoms with E-state index in [-0.39, 0.29) is 5.75 Å². The molecule has 0 fully saturated rings. The van der Waals surface area contributed by atoms with Crippen molar-refractivity contribution in [2.24, 2.45) is 0 Å². The van der Waals surface area contributed by atoms with Crippen LogP contribution in [0.4, 0.5) is 0 Å². The Morgan fingerprint density at radius 3 is 2.69 bits per heavy atom. The van der Waals surface area contributed by atoms with E-state index in [1.165, 1.54) is 0 Å². The second kappa shape index (κ2) is 10.2. The topological polar surface area (TPSA) is 92.5 Å². The van der Waals surface area contributed by atoms with Gasteiger partial charge in [0, 0.05) is 23.4 Å². The zero-order valence-corrected chi connectivity index (χ0v) is 18.6. The number of phenolic OH excluding ortho intramolecular Hbond substituents is 1. The Labute approximate surface area is 191 Å². The molecule has 7 nitrogen and oxygen atoms in total. The maximum Gasteiger partial charge on any atom is 0.201 e. The van der Waals surface area contributed by atoms with Crippen LogP contribution < -0.4 is 0 Å². The predicted molar refractivity (Wildman–Crippen MR) is 125 cm³/mol. The van der Waals surface area contributed by atoms with Gasteiger partial charge in [0.15, 0.2) is 0 Å². The highest BCUT2D eigenvalue weighted by Gasteiger charge is 2.14. The summed E-state index contributed by atoms with van der Waals surface area (Å²) in [5.41, 5.74) is 3.92. The summed E-state index contributed by atoms with van der Waals surface area (Å²) < 4.78 is 2.20. The van der Waals surface area contributed by atoms with Crippen LogP contribution in [-0.4, -0.2) is 35.3 Å². The van der Waals surface area contributed by atoms with Gasteiger partial charge in [0.2, 0.25) is 5.82 Å². The summed E-state index contributed by atoms with van der Waals surface area (Å²) >= 11 is 6.46. The number of phenols is 1. The number of tetrazole rings is 1. The van der Waals surface area contributed by atoms with E-state index in [9.17, 15) is 5.11 Å². The van der Waals surface area contributed by atoms with E-state index in [1.807, 2.05) is 42.6 Å². The molecule has 0 aliphatic heterocycles. The lowest BCUT2D eigenvalue weighted by Gasteiger charge is -2.13. The molecule has 0 saturated carbocycles. The largest absolute Gasteiger partial charge is 0.508 e. The Morgan fingerprint density at radius 2 is 1.97 bits per heavy atom. The van der Waals surface area contributed by atoms with E-state index in [2.05, 4.69) is 38.2 Å². The number of H-pyrrole nitrogens is 1. The quantitative estimate of drug-likeness (QED) is 0.378. The van der Waals surface area contributed by atoms with Crippen LogP contribution in [0.5, 0.6) is 5.75 Å². The first-order chi connectivity index (χ1) is 15.6. The Bertz CT molecular complexity index is 1180.